The van der Waals surface area contributed by atoms with Gasteiger partial charge >= 0.3 is 0 Å². The van der Waals surface area contributed by atoms with Gasteiger partial charge in [-0.15, -0.1) is 0 Å². The standard InChI is InChI=1S/C25H24N2O3/c1-3-30-20-12-10-19(11-13-20)25(29)27-16-23(28)26-22-14-9-17(2)15-21(22)24(27)18-7-5-4-6-8-18/h4-15,24H,3,16H2,1-2H3,(H,26,28). The van der Waals surface area contributed by atoms with Gasteiger partial charge in [-0.2, -0.15) is 0 Å². The van der Waals surface area contributed by atoms with Crippen LogP contribution in [0.4, 0.5) is 5.69 Å². The molecule has 0 aromatic heterocycles. The Morgan fingerprint density at radius 2 is 1.80 bits per heavy atom. The molecule has 1 heterocycles. The van der Waals surface area contributed by atoms with Gasteiger partial charge < -0.3 is 15.0 Å². The number of nitrogens with one attached hydrogen (secondary N) is 1. The molecule has 4 rings (SSSR count). The van der Waals surface area contributed by atoms with Gasteiger partial charge in [0.05, 0.1) is 12.6 Å². The fourth-order valence-electron chi connectivity index (χ4n) is 3.84. The molecule has 0 saturated carbocycles. The average Bonchev–Trinajstić information content (AvgIpc) is 2.90. The largest absolute Gasteiger partial charge is 0.494 e. The molecule has 0 aliphatic carbocycles. The van der Waals surface area contributed by atoms with Gasteiger partial charge in [-0.3, -0.25) is 9.59 Å². The Morgan fingerprint density at radius 3 is 2.50 bits per heavy atom. The first-order valence-corrected chi connectivity index (χ1v) is 10.1. The minimum Gasteiger partial charge on any atom is -0.494 e. The molecule has 152 valence electrons. The zero-order valence-corrected chi connectivity index (χ0v) is 17.1. The highest BCUT2D eigenvalue weighted by Gasteiger charge is 2.33. The third-order valence-electron chi connectivity index (χ3n) is 5.19. The first-order chi connectivity index (χ1) is 14.6. The van der Waals surface area contributed by atoms with E-state index in [4.69, 9.17) is 4.74 Å². The molecule has 30 heavy (non-hydrogen) atoms. The molecule has 5 nitrogen and oxygen atoms in total. The lowest BCUT2D eigenvalue weighted by Crippen LogP contribution is -2.39. The first kappa shape index (κ1) is 19.7. The molecule has 3 aromatic carbocycles. The number of carbonyl (C=O) groups excluding carboxylic acids is 2. The average molecular weight is 400 g/mol. The van der Waals surface area contributed by atoms with E-state index >= 15 is 0 Å². The number of anilines is 1. The zero-order chi connectivity index (χ0) is 21.1. The highest BCUT2D eigenvalue weighted by Crippen LogP contribution is 2.37. The van der Waals surface area contributed by atoms with Gasteiger partial charge in [0.15, 0.2) is 0 Å². The van der Waals surface area contributed by atoms with Crippen molar-refractivity contribution >= 4 is 17.5 Å². The van der Waals surface area contributed by atoms with Gasteiger partial charge in [0.25, 0.3) is 5.91 Å². The van der Waals surface area contributed by atoms with Crippen LogP contribution in [0.25, 0.3) is 0 Å². The molecule has 0 radical (unpaired) electrons. The third-order valence-corrected chi connectivity index (χ3v) is 5.19. The maximum Gasteiger partial charge on any atom is 0.255 e. The number of aryl methyl sites for hydroxylation is 1. The van der Waals surface area contributed by atoms with Gasteiger partial charge in [0.2, 0.25) is 5.91 Å². The molecule has 0 fully saturated rings. The van der Waals surface area contributed by atoms with Crippen molar-refractivity contribution in [1.82, 2.24) is 4.90 Å². The van der Waals surface area contributed by atoms with E-state index in [1.165, 1.54) is 0 Å². The lowest BCUT2D eigenvalue weighted by Gasteiger charge is -2.31. The maximum atomic E-state index is 13.6. The van der Waals surface area contributed by atoms with Crippen LogP contribution in [0.2, 0.25) is 0 Å². The van der Waals surface area contributed by atoms with Crippen LogP contribution in [0.15, 0.2) is 72.8 Å². The van der Waals surface area contributed by atoms with E-state index in [1.54, 1.807) is 29.2 Å². The van der Waals surface area contributed by atoms with Crippen molar-refractivity contribution < 1.29 is 14.3 Å². The minimum atomic E-state index is -0.376. The zero-order valence-electron chi connectivity index (χ0n) is 17.1. The number of amides is 2. The van der Waals surface area contributed by atoms with E-state index in [-0.39, 0.29) is 24.4 Å². The van der Waals surface area contributed by atoms with E-state index in [2.05, 4.69) is 5.32 Å². The smallest absolute Gasteiger partial charge is 0.255 e. The van der Waals surface area contributed by atoms with Crippen LogP contribution < -0.4 is 10.1 Å². The quantitative estimate of drug-likeness (QED) is 0.698. The van der Waals surface area contributed by atoms with E-state index in [0.29, 0.717) is 17.9 Å². The van der Waals surface area contributed by atoms with E-state index in [9.17, 15) is 9.59 Å². The summed E-state index contributed by atoms with van der Waals surface area (Å²) in [5, 5.41) is 2.96. The molecule has 0 bridgehead atoms. The Balaban J connectivity index is 1.81. The number of hydrogen-bond donors (Lipinski definition) is 1. The Kier molecular flexibility index (Phi) is 5.53. The summed E-state index contributed by atoms with van der Waals surface area (Å²) < 4.78 is 5.48. The van der Waals surface area contributed by atoms with Crippen LogP contribution in [-0.2, 0) is 4.79 Å². The second-order valence-electron chi connectivity index (χ2n) is 7.34. The van der Waals surface area contributed by atoms with Crippen LogP contribution in [0.5, 0.6) is 5.75 Å². The van der Waals surface area contributed by atoms with Gasteiger partial charge in [0, 0.05) is 16.8 Å². The molecule has 1 N–H and O–H groups in total. The van der Waals surface area contributed by atoms with E-state index in [0.717, 1.165) is 22.4 Å². The van der Waals surface area contributed by atoms with Gasteiger partial charge in [-0.25, -0.2) is 0 Å². The van der Waals surface area contributed by atoms with Crippen LogP contribution in [0.1, 0.15) is 40.0 Å². The lowest BCUT2D eigenvalue weighted by atomic mass is 9.94. The Labute approximate surface area is 176 Å². The second kappa shape index (κ2) is 8.41. The van der Waals surface area contributed by atoms with Gasteiger partial charge in [-0.05, 0) is 49.7 Å². The van der Waals surface area contributed by atoms with Crippen LogP contribution in [0, 0.1) is 6.92 Å². The van der Waals surface area contributed by atoms with Crippen molar-refractivity contribution in [2.45, 2.75) is 19.9 Å². The van der Waals surface area contributed by atoms with Crippen molar-refractivity contribution in [2.24, 2.45) is 0 Å². The maximum absolute atomic E-state index is 13.6. The number of ether oxygens (including phenoxy) is 1. The number of nitrogens with zero attached hydrogens (tertiary/aromatic N) is 1. The van der Waals surface area contributed by atoms with Gasteiger partial charge in [-0.1, -0.05) is 48.0 Å². The molecule has 2 amide bonds. The summed E-state index contributed by atoms with van der Waals surface area (Å²) in [6.45, 7) is 4.46. The Morgan fingerprint density at radius 1 is 1.07 bits per heavy atom. The topological polar surface area (TPSA) is 58.6 Å². The summed E-state index contributed by atoms with van der Waals surface area (Å²) in [6, 6.07) is 22.4. The summed E-state index contributed by atoms with van der Waals surface area (Å²) in [6.07, 6.45) is 0. The van der Waals surface area contributed by atoms with E-state index < -0.39 is 0 Å². The number of hydrogen-bond acceptors (Lipinski definition) is 3. The predicted molar refractivity (Wildman–Crippen MR) is 117 cm³/mol. The summed E-state index contributed by atoms with van der Waals surface area (Å²) in [5.74, 6) is 0.303. The molecule has 0 spiro atoms. The molecule has 3 aromatic rings. The van der Waals surface area contributed by atoms with Crippen molar-refractivity contribution in [3.8, 4) is 5.75 Å². The normalized spacial score (nSPS) is 15.7. The monoisotopic (exact) mass is 400 g/mol. The molecule has 0 saturated heterocycles. The highest BCUT2D eigenvalue weighted by molar-refractivity contribution is 6.01. The minimum absolute atomic E-state index is 0.0284. The van der Waals surface area contributed by atoms with E-state index in [1.807, 2.05) is 62.4 Å². The highest BCUT2D eigenvalue weighted by atomic mass is 16.5. The molecule has 1 aliphatic heterocycles. The Hall–Kier alpha value is -3.60. The predicted octanol–water partition coefficient (Wildman–Crippen LogP) is 4.58. The summed E-state index contributed by atoms with van der Waals surface area (Å²) in [5.41, 5.74) is 4.19. The van der Waals surface area contributed by atoms with Gasteiger partial charge in [0.1, 0.15) is 12.3 Å². The SMILES string of the molecule is CCOc1ccc(C(=O)N2CC(=O)Nc3ccc(C)cc3C2c2ccccc2)cc1. The van der Waals surface area contributed by atoms with Crippen molar-refractivity contribution in [1.29, 1.82) is 0 Å². The second-order valence-corrected chi connectivity index (χ2v) is 7.34. The van der Waals surface area contributed by atoms with Crippen LogP contribution in [-0.4, -0.2) is 29.9 Å². The third kappa shape index (κ3) is 3.92. The summed E-state index contributed by atoms with van der Waals surface area (Å²) in [4.78, 5) is 27.9. The van der Waals surface area contributed by atoms with Crippen molar-refractivity contribution in [2.75, 3.05) is 18.5 Å². The number of carbonyl (C=O) groups is 2. The number of fused-ring (bicyclic) bond motifs is 1. The fourth-order valence-corrected chi connectivity index (χ4v) is 3.84. The van der Waals surface area contributed by atoms with Crippen molar-refractivity contribution in [3.63, 3.8) is 0 Å². The summed E-state index contributed by atoms with van der Waals surface area (Å²) >= 11 is 0. The molecule has 1 atom stereocenters. The number of rotatable bonds is 4. The first-order valence-electron chi connectivity index (χ1n) is 10.1. The lowest BCUT2D eigenvalue weighted by molar-refractivity contribution is -0.117. The molecular weight excluding hydrogens is 376 g/mol. The molecule has 1 aliphatic rings. The van der Waals surface area contributed by atoms with Crippen molar-refractivity contribution in [3.05, 3.63) is 95.1 Å². The van der Waals surface area contributed by atoms with Crippen LogP contribution >= 0.6 is 0 Å². The molecular formula is C25H24N2O3. The molecule has 1 unspecified atom stereocenters. The summed E-state index contributed by atoms with van der Waals surface area (Å²) in [7, 11) is 0. The molecule has 5 heteroatoms. The van der Waals surface area contributed by atoms with Crippen LogP contribution in [0.3, 0.4) is 0 Å². The fraction of sp³-hybridized carbons (Fsp3) is 0.200. The number of benzene rings is 3. The Bertz CT molecular complexity index is 1060.